The Morgan fingerprint density at radius 1 is 1.85 bits per heavy atom. The number of aryl methyl sites for hydroxylation is 1. The zero-order valence-corrected chi connectivity index (χ0v) is 7.27. The van der Waals surface area contributed by atoms with Crippen LogP contribution in [0.3, 0.4) is 0 Å². The van der Waals surface area contributed by atoms with Gasteiger partial charge in [0.15, 0.2) is 0 Å². The molecule has 1 aromatic rings. The van der Waals surface area contributed by atoms with Crippen molar-refractivity contribution >= 4 is 0 Å². The lowest BCUT2D eigenvalue weighted by atomic mass is 10.3. The molecule has 5 nitrogen and oxygen atoms in total. The molecule has 0 saturated heterocycles. The van der Waals surface area contributed by atoms with E-state index < -0.39 is 0 Å². The van der Waals surface area contributed by atoms with Crippen LogP contribution < -0.4 is 11.4 Å². The number of aromatic nitrogens is 3. The van der Waals surface area contributed by atoms with Gasteiger partial charge in [-0.25, -0.2) is 13.9 Å². The minimum atomic E-state index is -0.284. The Kier molecular flexibility index (Phi) is 2.97. The predicted octanol–water partition coefficient (Wildman–Crippen LogP) is -0.606. The molecule has 0 unspecified atom stereocenters. The van der Waals surface area contributed by atoms with Crippen LogP contribution in [0, 0.1) is 0 Å². The first-order chi connectivity index (χ1) is 6.19. The quantitative estimate of drug-likeness (QED) is 0.685. The molecule has 0 radical (unpaired) electrons. The Morgan fingerprint density at radius 2 is 2.54 bits per heavy atom. The molecule has 1 rings (SSSR count). The van der Waals surface area contributed by atoms with Crippen LogP contribution in [-0.2, 0) is 13.6 Å². The van der Waals surface area contributed by atoms with E-state index in [0.29, 0.717) is 11.9 Å². The van der Waals surface area contributed by atoms with E-state index in [1.54, 1.807) is 7.05 Å². The fourth-order valence-electron chi connectivity index (χ4n) is 0.865. The lowest BCUT2D eigenvalue weighted by molar-refractivity contribution is 0.609. The second-order valence-electron chi connectivity index (χ2n) is 2.65. The summed E-state index contributed by atoms with van der Waals surface area (Å²) in [6, 6.07) is 0. The van der Waals surface area contributed by atoms with E-state index in [-0.39, 0.29) is 18.8 Å². The molecule has 1 heterocycles. The molecule has 72 valence electrons. The number of halogens is 1. The molecule has 0 aromatic carbocycles. The highest BCUT2D eigenvalue weighted by molar-refractivity contribution is 4.98. The van der Waals surface area contributed by atoms with Crippen LogP contribution in [0.25, 0.3) is 0 Å². The number of nitrogens with two attached hydrogens (primary N) is 1. The summed E-state index contributed by atoms with van der Waals surface area (Å²) in [6.07, 6.45) is 1.77. The molecule has 0 aliphatic carbocycles. The van der Waals surface area contributed by atoms with Crippen LogP contribution in [0.5, 0.6) is 0 Å². The highest BCUT2D eigenvalue weighted by atomic mass is 19.1. The molecule has 0 fully saturated rings. The highest BCUT2D eigenvalue weighted by Gasteiger charge is 2.03. The third kappa shape index (κ3) is 2.03. The van der Waals surface area contributed by atoms with Gasteiger partial charge in [-0.15, -0.1) is 0 Å². The third-order valence-corrected chi connectivity index (χ3v) is 1.66. The first-order valence-electron chi connectivity index (χ1n) is 3.75. The van der Waals surface area contributed by atoms with Gasteiger partial charge in [0.2, 0.25) is 0 Å². The van der Waals surface area contributed by atoms with E-state index in [4.69, 9.17) is 5.73 Å². The summed E-state index contributed by atoms with van der Waals surface area (Å²) in [5.74, 6) is 0. The summed E-state index contributed by atoms with van der Waals surface area (Å²) in [5, 5.41) is 3.76. The van der Waals surface area contributed by atoms with Crippen molar-refractivity contribution in [3.63, 3.8) is 0 Å². The van der Waals surface area contributed by atoms with Gasteiger partial charge in [0, 0.05) is 13.6 Å². The number of nitrogens with zero attached hydrogens (tertiary/aromatic N) is 3. The van der Waals surface area contributed by atoms with Gasteiger partial charge in [-0.05, 0) is 5.57 Å². The maximum atomic E-state index is 12.1. The van der Waals surface area contributed by atoms with Crippen LogP contribution in [0.15, 0.2) is 23.0 Å². The average molecular weight is 186 g/mol. The van der Waals surface area contributed by atoms with Crippen molar-refractivity contribution in [3.05, 3.63) is 28.7 Å². The van der Waals surface area contributed by atoms with Gasteiger partial charge in [-0.1, -0.05) is 0 Å². The number of hydrogen-bond acceptors (Lipinski definition) is 3. The minimum Gasteiger partial charge on any atom is -0.327 e. The van der Waals surface area contributed by atoms with Gasteiger partial charge in [0.25, 0.3) is 0 Å². The largest absolute Gasteiger partial charge is 0.345 e. The number of hydrogen-bond donors (Lipinski definition) is 1. The summed E-state index contributed by atoms with van der Waals surface area (Å²) in [4.78, 5) is 11.2. The highest BCUT2D eigenvalue weighted by Crippen LogP contribution is 1.94. The van der Waals surface area contributed by atoms with Crippen molar-refractivity contribution in [2.24, 2.45) is 12.8 Å². The Morgan fingerprint density at radius 3 is 2.92 bits per heavy atom. The lowest BCUT2D eigenvalue weighted by Crippen LogP contribution is -2.25. The van der Waals surface area contributed by atoms with Crippen molar-refractivity contribution in [3.8, 4) is 0 Å². The summed E-state index contributed by atoms with van der Waals surface area (Å²) < 4.78 is 14.6. The summed E-state index contributed by atoms with van der Waals surface area (Å²) >= 11 is 0. The van der Waals surface area contributed by atoms with Crippen LogP contribution in [0.2, 0.25) is 0 Å². The Balaban J connectivity index is 2.86. The lowest BCUT2D eigenvalue weighted by Gasteiger charge is -2.00. The van der Waals surface area contributed by atoms with E-state index in [9.17, 15) is 9.18 Å². The van der Waals surface area contributed by atoms with Crippen molar-refractivity contribution in [1.82, 2.24) is 14.3 Å². The Hall–Kier alpha value is -1.43. The molecule has 0 amide bonds. The van der Waals surface area contributed by atoms with Gasteiger partial charge in [0.05, 0.1) is 12.9 Å². The van der Waals surface area contributed by atoms with Crippen molar-refractivity contribution in [2.75, 3.05) is 6.54 Å². The molecule has 1 aromatic heterocycles. The third-order valence-electron chi connectivity index (χ3n) is 1.66. The molecule has 0 aliphatic heterocycles. The molecule has 0 saturated carbocycles. The topological polar surface area (TPSA) is 65.8 Å². The molecular weight excluding hydrogens is 175 g/mol. The van der Waals surface area contributed by atoms with Gasteiger partial charge in [-0.3, -0.25) is 4.57 Å². The van der Waals surface area contributed by atoms with Gasteiger partial charge in [-0.2, -0.15) is 5.10 Å². The number of rotatable bonds is 3. The molecular formula is C7H11FN4O. The fourth-order valence-corrected chi connectivity index (χ4v) is 0.865. The van der Waals surface area contributed by atoms with E-state index in [1.165, 1.54) is 10.9 Å². The first-order valence-corrected chi connectivity index (χ1v) is 3.75. The monoisotopic (exact) mass is 186 g/mol. The summed E-state index contributed by atoms with van der Waals surface area (Å²) in [7, 11) is 1.58. The molecule has 13 heavy (non-hydrogen) atoms. The van der Waals surface area contributed by atoms with Gasteiger partial charge >= 0.3 is 5.69 Å². The molecule has 6 heteroatoms. The van der Waals surface area contributed by atoms with Crippen molar-refractivity contribution in [1.29, 1.82) is 0 Å². The molecule has 0 bridgehead atoms. The summed E-state index contributed by atoms with van der Waals surface area (Å²) in [6.45, 7) is 0.187. The minimum absolute atomic E-state index is 0.0829. The van der Waals surface area contributed by atoms with E-state index in [2.05, 4.69) is 5.10 Å². The van der Waals surface area contributed by atoms with E-state index in [0.717, 1.165) is 4.68 Å². The van der Waals surface area contributed by atoms with Crippen LogP contribution in [0.1, 0.15) is 0 Å². The van der Waals surface area contributed by atoms with Crippen LogP contribution in [-0.4, -0.2) is 20.9 Å². The second-order valence-corrected chi connectivity index (χ2v) is 2.65. The SMILES string of the molecule is Cn1cnn(CC(=CF)CN)c1=O. The Labute approximate surface area is 74.3 Å². The van der Waals surface area contributed by atoms with Crippen LogP contribution in [0.4, 0.5) is 4.39 Å². The zero-order valence-electron chi connectivity index (χ0n) is 7.27. The molecule has 0 aliphatic rings. The second kappa shape index (κ2) is 3.99. The van der Waals surface area contributed by atoms with Gasteiger partial charge < -0.3 is 5.73 Å². The maximum Gasteiger partial charge on any atom is 0.345 e. The van der Waals surface area contributed by atoms with Crippen molar-refractivity contribution in [2.45, 2.75) is 6.54 Å². The average Bonchev–Trinajstić information content (AvgIpc) is 2.45. The van der Waals surface area contributed by atoms with E-state index >= 15 is 0 Å². The Bertz CT molecular complexity index is 365. The van der Waals surface area contributed by atoms with Crippen molar-refractivity contribution < 1.29 is 4.39 Å². The van der Waals surface area contributed by atoms with Crippen LogP contribution >= 0.6 is 0 Å². The predicted molar refractivity (Wildman–Crippen MR) is 45.7 cm³/mol. The summed E-state index contributed by atoms with van der Waals surface area (Å²) in [5.41, 5.74) is 5.28. The molecule has 0 atom stereocenters. The first kappa shape index (κ1) is 9.66. The normalized spacial score (nSPS) is 12.1. The molecule has 2 N–H and O–H groups in total. The standard InChI is InChI=1S/C7H11FN4O/c1-11-5-10-12(7(11)13)4-6(2-8)3-9/h2,5H,3-4,9H2,1H3. The fraction of sp³-hybridized carbons (Fsp3) is 0.429. The van der Waals surface area contributed by atoms with Gasteiger partial charge in [0.1, 0.15) is 6.33 Å². The zero-order chi connectivity index (χ0) is 9.84. The maximum absolute atomic E-state index is 12.1. The van der Waals surface area contributed by atoms with E-state index in [1.807, 2.05) is 0 Å². The molecule has 0 spiro atoms. The smallest absolute Gasteiger partial charge is 0.327 e.